The Morgan fingerprint density at radius 1 is 1.20 bits per heavy atom. The third-order valence-corrected chi connectivity index (χ3v) is 2.37. The van der Waals surface area contributed by atoms with Gasteiger partial charge in [-0.05, 0) is 6.92 Å². The molecular weight excluding hydrogens is 266 g/mol. The molecule has 9 heteroatoms. The minimum Gasteiger partial charge on any atom is -0.359 e. The van der Waals surface area contributed by atoms with Crippen molar-refractivity contribution in [3.63, 3.8) is 0 Å². The number of nitriles is 2. The summed E-state index contributed by atoms with van der Waals surface area (Å²) in [6, 6.07) is 5.33. The van der Waals surface area contributed by atoms with Crippen molar-refractivity contribution in [1.82, 2.24) is 0 Å². The summed E-state index contributed by atoms with van der Waals surface area (Å²) >= 11 is 0. The fourth-order valence-corrected chi connectivity index (χ4v) is 1.39. The molecule has 0 unspecified atom stereocenters. The van der Waals surface area contributed by atoms with Gasteiger partial charge in [-0.2, -0.15) is 10.5 Å². The third-order valence-electron chi connectivity index (χ3n) is 2.37. The number of nitro groups is 2. The molecule has 1 aromatic rings. The van der Waals surface area contributed by atoms with Crippen LogP contribution in [0.3, 0.4) is 0 Å². The number of hydrogen-bond acceptors (Lipinski definition) is 7. The van der Waals surface area contributed by atoms with Crippen molar-refractivity contribution in [3.05, 3.63) is 49.7 Å². The Labute approximate surface area is 112 Å². The molecule has 9 nitrogen and oxygen atoms in total. The van der Waals surface area contributed by atoms with Crippen molar-refractivity contribution in [2.45, 2.75) is 6.92 Å². The second-order valence-electron chi connectivity index (χ2n) is 3.58. The lowest BCUT2D eigenvalue weighted by Crippen LogP contribution is -2.00. The first-order valence-corrected chi connectivity index (χ1v) is 5.11. The Hall–Kier alpha value is -3.46. The van der Waals surface area contributed by atoms with E-state index in [-0.39, 0.29) is 16.8 Å². The van der Waals surface area contributed by atoms with Crippen LogP contribution in [0.5, 0.6) is 0 Å². The highest BCUT2D eigenvalue weighted by molar-refractivity contribution is 5.65. The van der Waals surface area contributed by atoms with E-state index in [4.69, 9.17) is 10.5 Å². The van der Waals surface area contributed by atoms with Crippen LogP contribution in [0, 0.1) is 49.8 Å². The molecule has 0 saturated carbocycles. The monoisotopic (exact) mass is 273 g/mol. The predicted octanol–water partition coefficient (Wildman–Crippen LogP) is 2.15. The molecule has 0 fully saturated rings. The summed E-state index contributed by atoms with van der Waals surface area (Å²) in [6.45, 7) is 1.27. The average Bonchev–Trinajstić information content (AvgIpc) is 2.40. The number of hydrogen-bond donors (Lipinski definition) is 1. The number of allylic oxidation sites excluding steroid dienone is 1. The van der Waals surface area contributed by atoms with Crippen molar-refractivity contribution < 1.29 is 9.85 Å². The Morgan fingerprint density at radius 3 is 2.00 bits per heavy atom. The Bertz CT molecular complexity index is 645. The maximum absolute atomic E-state index is 10.8. The summed E-state index contributed by atoms with van der Waals surface area (Å²) in [4.78, 5) is 20.2. The summed E-state index contributed by atoms with van der Waals surface area (Å²) in [5, 5.41) is 41.2. The summed E-state index contributed by atoms with van der Waals surface area (Å²) in [7, 11) is 0. The predicted molar refractivity (Wildman–Crippen MR) is 67.4 cm³/mol. The standard InChI is InChI=1S/C11H7N5O4/c1-7-10(15(17)18)2-9(3-11(7)16(19)20)14-6-8(4-12)5-13/h2-3,6,14H,1H3. The molecule has 0 aromatic heterocycles. The number of nitro benzene ring substituents is 2. The molecule has 0 aliphatic heterocycles. The number of benzene rings is 1. The van der Waals surface area contributed by atoms with Gasteiger partial charge in [0.1, 0.15) is 23.3 Å². The van der Waals surface area contributed by atoms with E-state index in [1.807, 2.05) is 0 Å². The van der Waals surface area contributed by atoms with Crippen LogP contribution in [0.25, 0.3) is 0 Å². The van der Waals surface area contributed by atoms with Gasteiger partial charge in [0.25, 0.3) is 11.4 Å². The summed E-state index contributed by atoms with van der Waals surface area (Å²) in [5.41, 5.74) is -1.15. The number of nitrogens with zero attached hydrogens (tertiary/aromatic N) is 4. The molecule has 0 atom stereocenters. The second kappa shape index (κ2) is 5.93. The van der Waals surface area contributed by atoms with Crippen LogP contribution in [-0.2, 0) is 0 Å². The number of nitrogens with one attached hydrogen (secondary N) is 1. The Morgan fingerprint density at radius 2 is 1.65 bits per heavy atom. The molecule has 0 amide bonds. The smallest absolute Gasteiger partial charge is 0.281 e. The van der Waals surface area contributed by atoms with Gasteiger partial charge in [0, 0.05) is 18.3 Å². The van der Waals surface area contributed by atoms with Gasteiger partial charge >= 0.3 is 0 Å². The van der Waals surface area contributed by atoms with E-state index < -0.39 is 21.2 Å². The van der Waals surface area contributed by atoms with E-state index in [9.17, 15) is 20.2 Å². The lowest BCUT2D eigenvalue weighted by molar-refractivity contribution is -0.395. The molecule has 0 aliphatic rings. The van der Waals surface area contributed by atoms with E-state index >= 15 is 0 Å². The molecule has 0 spiro atoms. The SMILES string of the molecule is Cc1c([N+](=O)[O-])cc(NC=C(C#N)C#N)cc1[N+](=O)[O-]. The maximum atomic E-state index is 10.8. The zero-order valence-electron chi connectivity index (χ0n) is 10.2. The van der Waals surface area contributed by atoms with Crippen LogP contribution in [0.1, 0.15) is 5.56 Å². The summed E-state index contributed by atoms with van der Waals surface area (Å²) in [6.07, 6.45) is 1.01. The zero-order chi connectivity index (χ0) is 15.3. The molecule has 100 valence electrons. The van der Waals surface area contributed by atoms with Crippen LogP contribution >= 0.6 is 0 Å². The minimum atomic E-state index is -0.743. The summed E-state index contributed by atoms with van der Waals surface area (Å²) in [5.74, 6) is 0. The lowest BCUT2D eigenvalue weighted by Gasteiger charge is -2.04. The van der Waals surface area contributed by atoms with E-state index in [0.717, 1.165) is 18.3 Å². The molecule has 0 bridgehead atoms. The van der Waals surface area contributed by atoms with E-state index in [2.05, 4.69) is 5.32 Å². The van der Waals surface area contributed by atoms with E-state index in [1.54, 1.807) is 12.1 Å². The van der Waals surface area contributed by atoms with Gasteiger partial charge in [0.15, 0.2) is 0 Å². The van der Waals surface area contributed by atoms with Crippen molar-refractivity contribution in [2.75, 3.05) is 5.32 Å². The molecule has 0 heterocycles. The van der Waals surface area contributed by atoms with Crippen LogP contribution in [0.15, 0.2) is 23.9 Å². The van der Waals surface area contributed by atoms with Gasteiger partial charge < -0.3 is 5.32 Å². The Balaban J connectivity index is 3.33. The van der Waals surface area contributed by atoms with Crippen molar-refractivity contribution in [3.8, 4) is 12.1 Å². The largest absolute Gasteiger partial charge is 0.359 e. The normalized spacial score (nSPS) is 8.95. The van der Waals surface area contributed by atoms with Gasteiger partial charge in [-0.3, -0.25) is 20.2 Å². The molecule has 0 radical (unpaired) electrons. The van der Waals surface area contributed by atoms with Crippen molar-refractivity contribution >= 4 is 17.1 Å². The van der Waals surface area contributed by atoms with Gasteiger partial charge in [-0.25, -0.2) is 0 Å². The maximum Gasteiger partial charge on any atom is 0.281 e. The molecule has 1 rings (SSSR count). The molecular formula is C11H7N5O4. The first-order valence-electron chi connectivity index (χ1n) is 5.11. The number of rotatable bonds is 4. The van der Waals surface area contributed by atoms with Crippen LogP contribution < -0.4 is 5.32 Å². The fraction of sp³-hybridized carbons (Fsp3) is 0.0909. The molecule has 0 saturated heterocycles. The highest BCUT2D eigenvalue weighted by atomic mass is 16.6. The molecule has 20 heavy (non-hydrogen) atoms. The first kappa shape index (κ1) is 14.6. The highest BCUT2D eigenvalue weighted by Crippen LogP contribution is 2.31. The third kappa shape index (κ3) is 3.05. The average molecular weight is 273 g/mol. The Kier molecular flexibility index (Phi) is 4.33. The van der Waals surface area contributed by atoms with Gasteiger partial charge in [-0.1, -0.05) is 0 Å². The van der Waals surface area contributed by atoms with E-state index in [0.29, 0.717) is 0 Å². The molecule has 1 N–H and O–H groups in total. The molecule has 1 aromatic carbocycles. The van der Waals surface area contributed by atoms with Gasteiger partial charge in [0.05, 0.1) is 15.5 Å². The first-order chi connectivity index (χ1) is 9.40. The van der Waals surface area contributed by atoms with Crippen LogP contribution in [0.4, 0.5) is 17.1 Å². The van der Waals surface area contributed by atoms with Crippen molar-refractivity contribution in [2.24, 2.45) is 0 Å². The van der Waals surface area contributed by atoms with Gasteiger partial charge in [-0.15, -0.1) is 0 Å². The lowest BCUT2D eigenvalue weighted by atomic mass is 10.1. The quantitative estimate of drug-likeness (QED) is 0.502. The van der Waals surface area contributed by atoms with Crippen LogP contribution in [-0.4, -0.2) is 9.85 Å². The second-order valence-corrected chi connectivity index (χ2v) is 3.58. The highest BCUT2D eigenvalue weighted by Gasteiger charge is 2.22. The topological polar surface area (TPSA) is 146 Å². The number of anilines is 1. The van der Waals surface area contributed by atoms with Crippen molar-refractivity contribution in [1.29, 1.82) is 10.5 Å². The van der Waals surface area contributed by atoms with Gasteiger partial charge in [0.2, 0.25) is 0 Å². The van der Waals surface area contributed by atoms with E-state index in [1.165, 1.54) is 6.92 Å². The fourth-order valence-electron chi connectivity index (χ4n) is 1.39. The molecule has 0 aliphatic carbocycles. The minimum absolute atomic E-state index is 0.0389. The summed E-state index contributed by atoms with van der Waals surface area (Å²) < 4.78 is 0. The van der Waals surface area contributed by atoms with Crippen LogP contribution in [0.2, 0.25) is 0 Å². The zero-order valence-corrected chi connectivity index (χ0v) is 10.2.